The summed E-state index contributed by atoms with van der Waals surface area (Å²) >= 11 is 5.80. The van der Waals surface area contributed by atoms with Crippen molar-refractivity contribution in [2.45, 2.75) is 6.42 Å². The van der Waals surface area contributed by atoms with Crippen molar-refractivity contribution in [1.29, 1.82) is 0 Å². The van der Waals surface area contributed by atoms with Crippen molar-refractivity contribution in [2.24, 2.45) is 5.73 Å². The molecule has 70 valence electrons. The van der Waals surface area contributed by atoms with Crippen LogP contribution in [0.1, 0.15) is 6.42 Å². The van der Waals surface area contributed by atoms with E-state index in [-0.39, 0.29) is 12.3 Å². The van der Waals surface area contributed by atoms with Crippen LogP contribution in [0.2, 0.25) is 5.02 Å². The highest BCUT2D eigenvalue weighted by molar-refractivity contribution is 6.32. The van der Waals surface area contributed by atoms with Gasteiger partial charge in [-0.25, -0.2) is 4.98 Å². The number of aromatic nitrogens is 1. The lowest BCUT2D eigenvalue weighted by atomic mass is 10.4. The van der Waals surface area contributed by atoms with E-state index in [2.05, 4.69) is 10.3 Å². The molecule has 1 aromatic heterocycles. The fourth-order valence-corrected chi connectivity index (χ4v) is 1.01. The van der Waals surface area contributed by atoms with Crippen molar-refractivity contribution in [1.82, 2.24) is 4.98 Å². The number of primary amides is 1. The first-order valence-corrected chi connectivity index (χ1v) is 4.20. The maximum atomic E-state index is 10.4. The van der Waals surface area contributed by atoms with Crippen molar-refractivity contribution >= 4 is 23.3 Å². The van der Waals surface area contributed by atoms with Gasteiger partial charge < -0.3 is 11.1 Å². The van der Waals surface area contributed by atoms with Crippen molar-refractivity contribution in [2.75, 3.05) is 11.9 Å². The molecular weight excluding hydrogens is 190 g/mol. The summed E-state index contributed by atoms with van der Waals surface area (Å²) in [4.78, 5) is 14.4. The monoisotopic (exact) mass is 199 g/mol. The molecule has 0 atom stereocenters. The van der Waals surface area contributed by atoms with Crippen LogP contribution < -0.4 is 11.1 Å². The number of rotatable bonds is 4. The molecule has 1 aromatic rings. The van der Waals surface area contributed by atoms with Crippen LogP contribution in [-0.2, 0) is 4.79 Å². The van der Waals surface area contributed by atoms with Crippen molar-refractivity contribution < 1.29 is 4.79 Å². The number of halogens is 1. The van der Waals surface area contributed by atoms with E-state index in [1.807, 2.05) is 0 Å². The molecule has 0 aliphatic carbocycles. The lowest BCUT2D eigenvalue weighted by Crippen LogP contribution is -2.16. The Balaban J connectivity index is 2.45. The van der Waals surface area contributed by atoms with Crippen LogP contribution in [-0.4, -0.2) is 17.4 Å². The summed E-state index contributed by atoms with van der Waals surface area (Å²) in [6.45, 7) is 0.450. The molecule has 5 heteroatoms. The van der Waals surface area contributed by atoms with Gasteiger partial charge in [-0.05, 0) is 12.1 Å². The van der Waals surface area contributed by atoms with Crippen molar-refractivity contribution in [3.8, 4) is 0 Å². The van der Waals surface area contributed by atoms with Crippen LogP contribution in [0.5, 0.6) is 0 Å². The molecule has 1 heterocycles. The maximum Gasteiger partial charge on any atom is 0.219 e. The number of carbonyl (C=O) groups is 1. The van der Waals surface area contributed by atoms with Crippen LogP contribution in [0.4, 0.5) is 5.82 Å². The quantitative estimate of drug-likeness (QED) is 0.761. The molecule has 0 aliphatic rings. The molecule has 1 rings (SSSR count). The molecule has 0 unspecified atom stereocenters. The Hall–Kier alpha value is -1.29. The van der Waals surface area contributed by atoms with E-state index in [0.717, 1.165) is 0 Å². The minimum Gasteiger partial charge on any atom is -0.370 e. The normalized spacial score (nSPS) is 9.62. The Labute approximate surface area is 81.1 Å². The van der Waals surface area contributed by atoms with Gasteiger partial charge in [0.05, 0.1) is 5.02 Å². The molecule has 4 nitrogen and oxygen atoms in total. The smallest absolute Gasteiger partial charge is 0.219 e. The van der Waals surface area contributed by atoms with E-state index in [0.29, 0.717) is 17.4 Å². The number of amides is 1. The minimum absolute atomic E-state index is 0.271. The Morgan fingerprint density at radius 1 is 1.69 bits per heavy atom. The third kappa shape index (κ3) is 3.29. The predicted molar refractivity (Wildman–Crippen MR) is 51.5 cm³/mol. The average molecular weight is 200 g/mol. The summed E-state index contributed by atoms with van der Waals surface area (Å²) in [5.74, 6) is 0.227. The standard InChI is InChI=1S/C8H10ClN3O/c9-6-2-1-4-11-8(6)12-5-3-7(10)13/h1-2,4H,3,5H2,(H2,10,13)(H,11,12). The molecule has 0 aliphatic heterocycles. The molecule has 0 fully saturated rings. The Morgan fingerprint density at radius 3 is 3.08 bits per heavy atom. The summed E-state index contributed by atoms with van der Waals surface area (Å²) in [6.07, 6.45) is 1.89. The van der Waals surface area contributed by atoms with Gasteiger partial charge in [-0.3, -0.25) is 4.79 Å². The largest absolute Gasteiger partial charge is 0.370 e. The van der Waals surface area contributed by atoms with E-state index < -0.39 is 0 Å². The first kappa shape index (κ1) is 9.80. The first-order chi connectivity index (χ1) is 6.20. The fraction of sp³-hybridized carbons (Fsp3) is 0.250. The second kappa shape index (κ2) is 4.67. The second-order valence-corrected chi connectivity index (χ2v) is 2.88. The molecule has 3 N–H and O–H groups in total. The number of carbonyl (C=O) groups excluding carboxylic acids is 1. The van der Waals surface area contributed by atoms with Crippen LogP contribution in [0.3, 0.4) is 0 Å². The number of anilines is 1. The van der Waals surface area contributed by atoms with Gasteiger partial charge in [-0.1, -0.05) is 11.6 Å². The van der Waals surface area contributed by atoms with Gasteiger partial charge in [0.15, 0.2) is 0 Å². The summed E-state index contributed by atoms with van der Waals surface area (Å²) in [5, 5.41) is 3.43. The van der Waals surface area contributed by atoms with Crippen molar-refractivity contribution in [3.05, 3.63) is 23.4 Å². The number of hydrogen-bond donors (Lipinski definition) is 2. The number of nitrogens with one attached hydrogen (secondary N) is 1. The Morgan fingerprint density at radius 2 is 2.46 bits per heavy atom. The number of nitrogens with zero attached hydrogens (tertiary/aromatic N) is 1. The molecule has 0 radical (unpaired) electrons. The molecular formula is C8H10ClN3O. The zero-order chi connectivity index (χ0) is 9.68. The third-order valence-corrected chi connectivity index (χ3v) is 1.73. The number of hydrogen-bond acceptors (Lipinski definition) is 3. The van der Waals surface area contributed by atoms with Crippen LogP contribution in [0.25, 0.3) is 0 Å². The van der Waals surface area contributed by atoms with Gasteiger partial charge in [0, 0.05) is 19.2 Å². The van der Waals surface area contributed by atoms with E-state index in [4.69, 9.17) is 17.3 Å². The number of pyridine rings is 1. The SMILES string of the molecule is NC(=O)CCNc1ncccc1Cl. The summed E-state index contributed by atoms with van der Waals surface area (Å²) in [5.41, 5.74) is 4.96. The second-order valence-electron chi connectivity index (χ2n) is 2.48. The number of nitrogens with two attached hydrogens (primary N) is 1. The maximum absolute atomic E-state index is 10.4. The van der Waals surface area contributed by atoms with Gasteiger partial charge >= 0.3 is 0 Å². The first-order valence-electron chi connectivity index (χ1n) is 3.83. The third-order valence-electron chi connectivity index (χ3n) is 1.42. The van der Waals surface area contributed by atoms with Gasteiger partial charge in [-0.2, -0.15) is 0 Å². The molecule has 0 saturated carbocycles. The lowest BCUT2D eigenvalue weighted by Gasteiger charge is -2.04. The van der Waals surface area contributed by atoms with E-state index >= 15 is 0 Å². The summed E-state index contributed by atoms with van der Waals surface area (Å²) in [6, 6.07) is 3.46. The predicted octanol–water partition coefficient (Wildman–Crippen LogP) is 1.02. The van der Waals surface area contributed by atoms with Crippen LogP contribution in [0, 0.1) is 0 Å². The molecule has 1 amide bonds. The molecule has 0 saturated heterocycles. The van der Waals surface area contributed by atoms with E-state index in [1.165, 1.54) is 0 Å². The molecule has 0 aromatic carbocycles. The Kier molecular flexibility index (Phi) is 3.52. The van der Waals surface area contributed by atoms with E-state index in [1.54, 1.807) is 18.3 Å². The highest BCUT2D eigenvalue weighted by atomic mass is 35.5. The van der Waals surface area contributed by atoms with Gasteiger partial charge in [0.1, 0.15) is 5.82 Å². The van der Waals surface area contributed by atoms with Gasteiger partial charge in [0.2, 0.25) is 5.91 Å². The Bertz CT molecular complexity index is 303. The van der Waals surface area contributed by atoms with Crippen LogP contribution in [0.15, 0.2) is 18.3 Å². The minimum atomic E-state index is -0.348. The summed E-state index contributed by atoms with van der Waals surface area (Å²) < 4.78 is 0. The summed E-state index contributed by atoms with van der Waals surface area (Å²) in [7, 11) is 0. The van der Waals surface area contributed by atoms with Crippen LogP contribution >= 0.6 is 11.6 Å². The molecule has 0 bridgehead atoms. The average Bonchev–Trinajstić information content (AvgIpc) is 2.08. The highest BCUT2D eigenvalue weighted by Crippen LogP contribution is 2.16. The lowest BCUT2D eigenvalue weighted by molar-refractivity contribution is -0.117. The van der Waals surface area contributed by atoms with Gasteiger partial charge in [-0.15, -0.1) is 0 Å². The fourth-order valence-electron chi connectivity index (χ4n) is 0.820. The van der Waals surface area contributed by atoms with E-state index in [9.17, 15) is 4.79 Å². The topological polar surface area (TPSA) is 68.0 Å². The molecule has 13 heavy (non-hydrogen) atoms. The zero-order valence-corrected chi connectivity index (χ0v) is 7.71. The van der Waals surface area contributed by atoms with Crippen molar-refractivity contribution in [3.63, 3.8) is 0 Å². The zero-order valence-electron chi connectivity index (χ0n) is 6.96. The molecule has 0 spiro atoms. The van der Waals surface area contributed by atoms with Gasteiger partial charge in [0.25, 0.3) is 0 Å². The highest BCUT2D eigenvalue weighted by Gasteiger charge is 1.99.